The van der Waals surface area contributed by atoms with Crippen LogP contribution in [0, 0.1) is 0 Å². The van der Waals surface area contributed by atoms with Crippen LogP contribution in [0.2, 0.25) is 5.02 Å². The molecule has 18 heavy (non-hydrogen) atoms. The van der Waals surface area contributed by atoms with Gasteiger partial charge in [0.05, 0.1) is 0 Å². The Labute approximate surface area is 129 Å². The summed E-state index contributed by atoms with van der Waals surface area (Å²) in [7, 11) is 0. The molecule has 2 rings (SSSR count). The van der Waals surface area contributed by atoms with Crippen molar-refractivity contribution in [3.05, 3.63) is 33.3 Å². The van der Waals surface area contributed by atoms with Gasteiger partial charge in [0.15, 0.2) is 0 Å². The first-order valence-electron chi connectivity index (χ1n) is 5.95. The standard InChI is InChI=1S/C13H14Br2ClNO/c14-9-1-3-12(4-2-9)17-13(18)8-5-10(15)7-11(16)6-8/h5-7,9,12H,1-4H2,(H,17,18). The second kappa shape index (κ2) is 6.40. The van der Waals surface area contributed by atoms with E-state index in [1.807, 2.05) is 0 Å². The van der Waals surface area contributed by atoms with Gasteiger partial charge in [-0.3, -0.25) is 4.79 Å². The van der Waals surface area contributed by atoms with Gasteiger partial charge in [-0.1, -0.05) is 43.5 Å². The minimum Gasteiger partial charge on any atom is -0.349 e. The molecule has 1 aromatic rings. The van der Waals surface area contributed by atoms with E-state index in [1.54, 1.807) is 18.2 Å². The van der Waals surface area contributed by atoms with E-state index >= 15 is 0 Å². The van der Waals surface area contributed by atoms with Crippen LogP contribution in [-0.4, -0.2) is 16.8 Å². The van der Waals surface area contributed by atoms with Gasteiger partial charge >= 0.3 is 0 Å². The molecule has 0 heterocycles. The second-order valence-corrected chi connectivity index (χ2v) is 7.23. The Morgan fingerprint density at radius 1 is 1.22 bits per heavy atom. The smallest absolute Gasteiger partial charge is 0.251 e. The minimum absolute atomic E-state index is 0.0452. The number of amides is 1. The molecule has 0 aromatic heterocycles. The average molecular weight is 396 g/mol. The predicted octanol–water partition coefficient (Wildman–Crippen LogP) is 4.54. The summed E-state index contributed by atoms with van der Waals surface area (Å²) in [5.74, 6) is -0.0452. The number of halogens is 3. The number of nitrogens with one attached hydrogen (secondary N) is 1. The normalized spacial score (nSPS) is 23.7. The van der Waals surface area contributed by atoms with E-state index in [0.29, 0.717) is 15.4 Å². The average Bonchev–Trinajstić information content (AvgIpc) is 2.31. The highest BCUT2D eigenvalue weighted by molar-refractivity contribution is 9.10. The molecule has 1 aliphatic carbocycles. The van der Waals surface area contributed by atoms with Crippen LogP contribution in [0.1, 0.15) is 36.0 Å². The molecule has 1 N–H and O–H groups in total. The van der Waals surface area contributed by atoms with Crippen molar-refractivity contribution in [2.45, 2.75) is 36.6 Å². The molecule has 98 valence electrons. The molecule has 0 unspecified atom stereocenters. The molecule has 0 bridgehead atoms. The van der Waals surface area contributed by atoms with Crippen molar-refractivity contribution < 1.29 is 4.79 Å². The van der Waals surface area contributed by atoms with Crippen LogP contribution in [0.25, 0.3) is 0 Å². The maximum atomic E-state index is 12.1. The zero-order chi connectivity index (χ0) is 13.1. The van der Waals surface area contributed by atoms with Gasteiger partial charge in [0.2, 0.25) is 0 Å². The minimum atomic E-state index is -0.0452. The number of benzene rings is 1. The van der Waals surface area contributed by atoms with E-state index in [9.17, 15) is 4.79 Å². The Kier molecular flexibility index (Phi) is 5.10. The zero-order valence-electron chi connectivity index (χ0n) is 9.76. The number of carbonyl (C=O) groups excluding carboxylic acids is 1. The number of rotatable bonds is 2. The fourth-order valence-corrected chi connectivity index (χ4v) is 3.54. The van der Waals surface area contributed by atoms with E-state index in [4.69, 9.17) is 11.6 Å². The van der Waals surface area contributed by atoms with Gasteiger partial charge in [-0.2, -0.15) is 0 Å². The number of hydrogen-bond donors (Lipinski definition) is 1. The summed E-state index contributed by atoms with van der Waals surface area (Å²) >= 11 is 12.9. The van der Waals surface area contributed by atoms with Crippen LogP contribution in [-0.2, 0) is 0 Å². The predicted molar refractivity (Wildman–Crippen MR) is 81.6 cm³/mol. The second-order valence-electron chi connectivity index (χ2n) is 4.58. The van der Waals surface area contributed by atoms with Crippen molar-refractivity contribution >= 4 is 49.4 Å². The van der Waals surface area contributed by atoms with E-state index in [1.165, 1.54) is 0 Å². The monoisotopic (exact) mass is 393 g/mol. The molecule has 1 saturated carbocycles. The van der Waals surface area contributed by atoms with Crippen molar-refractivity contribution in [3.63, 3.8) is 0 Å². The molecule has 1 aromatic carbocycles. The number of hydrogen-bond acceptors (Lipinski definition) is 1. The fourth-order valence-electron chi connectivity index (χ4n) is 2.15. The third-order valence-electron chi connectivity index (χ3n) is 3.12. The lowest BCUT2D eigenvalue weighted by atomic mass is 9.95. The summed E-state index contributed by atoms with van der Waals surface area (Å²) in [6, 6.07) is 5.53. The van der Waals surface area contributed by atoms with Crippen molar-refractivity contribution in [1.82, 2.24) is 5.32 Å². The van der Waals surface area contributed by atoms with E-state index in [0.717, 1.165) is 30.2 Å². The van der Waals surface area contributed by atoms with Gasteiger partial charge in [0, 0.05) is 25.9 Å². The highest BCUT2D eigenvalue weighted by atomic mass is 79.9. The third kappa shape index (κ3) is 3.97. The lowest BCUT2D eigenvalue weighted by Crippen LogP contribution is -2.37. The van der Waals surface area contributed by atoms with Gasteiger partial charge in [-0.25, -0.2) is 0 Å². The van der Waals surface area contributed by atoms with Gasteiger partial charge in [0.25, 0.3) is 5.91 Å². The first-order valence-corrected chi connectivity index (χ1v) is 8.04. The Morgan fingerprint density at radius 2 is 1.89 bits per heavy atom. The maximum Gasteiger partial charge on any atom is 0.251 e. The van der Waals surface area contributed by atoms with Crippen LogP contribution in [0.15, 0.2) is 22.7 Å². The molecule has 0 atom stereocenters. The van der Waals surface area contributed by atoms with Crippen LogP contribution in [0.5, 0.6) is 0 Å². The molecular weight excluding hydrogens is 381 g/mol. The highest BCUT2D eigenvalue weighted by Crippen LogP contribution is 2.25. The van der Waals surface area contributed by atoms with Gasteiger partial charge in [0.1, 0.15) is 0 Å². The summed E-state index contributed by atoms with van der Waals surface area (Å²) in [5, 5.41) is 3.64. The topological polar surface area (TPSA) is 29.1 Å². The lowest BCUT2D eigenvalue weighted by molar-refractivity contribution is 0.0928. The largest absolute Gasteiger partial charge is 0.349 e. The zero-order valence-corrected chi connectivity index (χ0v) is 13.7. The molecule has 2 nitrogen and oxygen atoms in total. The Morgan fingerprint density at radius 3 is 2.50 bits per heavy atom. The Bertz CT molecular complexity index is 424. The van der Waals surface area contributed by atoms with Crippen LogP contribution < -0.4 is 5.32 Å². The molecule has 0 radical (unpaired) electrons. The van der Waals surface area contributed by atoms with E-state index < -0.39 is 0 Å². The number of alkyl halides is 1. The molecule has 0 aliphatic heterocycles. The van der Waals surface area contributed by atoms with E-state index in [2.05, 4.69) is 37.2 Å². The van der Waals surface area contributed by atoms with Crippen molar-refractivity contribution in [1.29, 1.82) is 0 Å². The SMILES string of the molecule is O=C(NC1CCC(Br)CC1)c1cc(Cl)cc(Br)c1. The molecule has 0 saturated heterocycles. The first kappa shape index (κ1) is 14.4. The summed E-state index contributed by atoms with van der Waals surface area (Å²) in [6.45, 7) is 0. The van der Waals surface area contributed by atoms with Gasteiger partial charge in [-0.05, 0) is 43.9 Å². The summed E-state index contributed by atoms with van der Waals surface area (Å²) < 4.78 is 0.823. The quantitative estimate of drug-likeness (QED) is 0.732. The van der Waals surface area contributed by atoms with E-state index in [-0.39, 0.29) is 11.9 Å². The fraction of sp³-hybridized carbons (Fsp3) is 0.462. The molecule has 1 fully saturated rings. The molecule has 5 heteroatoms. The molecule has 1 aliphatic rings. The van der Waals surface area contributed by atoms with Crippen molar-refractivity contribution in [2.24, 2.45) is 0 Å². The number of carbonyl (C=O) groups is 1. The van der Waals surface area contributed by atoms with Crippen molar-refractivity contribution in [2.75, 3.05) is 0 Å². The van der Waals surface area contributed by atoms with Crippen LogP contribution >= 0.6 is 43.5 Å². The summed E-state index contributed by atoms with van der Waals surface area (Å²) in [6.07, 6.45) is 4.29. The molecule has 1 amide bonds. The maximum absolute atomic E-state index is 12.1. The summed E-state index contributed by atoms with van der Waals surface area (Å²) in [5.41, 5.74) is 0.607. The van der Waals surface area contributed by atoms with Crippen molar-refractivity contribution in [3.8, 4) is 0 Å². The first-order chi connectivity index (χ1) is 8.54. The molecule has 0 spiro atoms. The molecular formula is C13H14Br2ClNO. The Balaban J connectivity index is 1.99. The van der Waals surface area contributed by atoms with Gasteiger partial charge < -0.3 is 5.32 Å². The highest BCUT2D eigenvalue weighted by Gasteiger charge is 2.21. The lowest BCUT2D eigenvalue weighted by Gasteiger charge is -2.26. The third-order valence-corrected chi connectivity index (χ3v) is 4.71. The van der Waals surface area contributed by atoms with Crippen LogP contribution in [0.3, 0.4) is 0 Å². The Hall–Kier alpha value is -0.0600. The van der Waals surface area contributed by atoms with Crippen LogP contribution in [0.4, 0.5) is 0 Å². The summed E-state index contributed by atoms with van der Waals surface area (Å²) in [4.78, 5) is 12.7. The van der Waals surface area contributed by atoms with Gasteiger partial charge in [-0.15, -0.1) is 0 Å².